The van der Waals surface area contributed by atoms with Crippen molar-refractivity contribution in [1.29, 1.82) is 0 Å². The van der Waals surface area contributed by atoms with Crippen molar-refractivity contribution in [2.45, 2.75) is 67.7 Å². The molecule has 2 aromatic rings. The molecule has 0 saturated heterocycles. The smallest absolute Gasteiger partial charge is 0.435 e. The van der Waals surface area contributed by atoms with Gasteiger partial charge in [-0.2, -0.15) is 26.3 Å². The Bertz CT molecular complexity index is 1250. The summed E-state index contributed by atoms with van der Waals surface area (Å²) in [7, 11) is -4.26. The van der Waals surface area contributed by atoms with E-state index in [9.17, 15) is 39.2 Å². The molecule has 0 aromatic heterocycles. The molecule has 1 aliphatic heterocycles. The van der Waals surface area contributed by atoms with E-state index in [0.717, 1.165) is 6.07 Å². The van der Waals surface area contributed by atoms with E-state index in [2.05, 4.69) is 6.58 Å². The van der Waals surface area contributed by atoms with Crippen molar-refractivity contribution >= 4 is 15.4 Å². The van der Waals surface area contributed by atoms with Crippen LogP contribution in [0.1, 0.15) is 56.7 Å². The zero-order valence-corrected chi connectivity index (χ0v) is 21.2. The molecule has 3 nitrogen and oxygen atoms in total. The first-order valence-electron chi connectivity index (χ1n) is 11.6. The van der Waals surface area contributed by atoms with Gasteiger partial charge in [-0.1, -0.05) is 56.7 Å². The quantitative estimate of drug-likeness (QED) is 0.328. The van der Waals surface area contributed by atoms with Crippen LogP contribution in [0.2, 0.25) is 0 Å². The highest BCUT2D eigenvalue weighted by atomic mass is 32.2. The zero-order valence-electron chi connectivity index (χ0n) is 20.4. The molecule has 0 saturated carbocycles. The van der Waals surface area contributed by atoms with E-state index in [4.69, 9.17) is 4.74 Å². The molecule has 3 rings (SSSR count). The molecule has 0 radical (unpaired) electrons. The lowest BCUT2D eigenvalue weighted by Crippen LogP contribution is -2.51. The summed E-state index contributed by atoms with van der Waals surface area (Å²) in [5.74, 6) is -1.19. The third kappa shape index (κ3) is 4.42. The number of hydrogen-bond donors (Lipinski definition) is 0. The van der Waals surface area contributed by atoms with Gasteiger partial charge in [0.2, 0.25) is 0 Å². The van der Waals surface area contributed by atoms with Gasteiger partial charge in [-0.05, 0) is 43.5 Å². The van der Waals surface area contributed by atoms with Crippen LogP contribution < -0.4 is 4.74 Å². The Morgan fingerprint density at radius 3 is 2.03 bits per heavy atom. The van der Waals surface area contributed by atoms with Crippen molar-refractivity contribution in [1.82, 2.24) is 0 Å². The largest absolute Gasteiger partial charge is 0.493 e. The minimum Gasteiger partial charge on any atom is -0.493 e. The van der Waals surface area contributed by atoms with Crippen molar-refractivity contribution in [2.24, 2.45) is 5.92 Å². The predicted octanol–water partition coefficient (Wildman–Crippen LogP) is 7.90. The predicted molar refractivity (Wildman–Crippen MR) is 126 cm³/mol. The molecule has 2 aromatic carbocycles. The number of rotatable bonds is 7. The number of ether oxygens (including phenoxy) is 1. The average Bonchev–Trinajstić information content (AvgIpc) is 2.81. The lowest BCUT2D eigenvalue weighted by atomic mass is 9.77. The molecule has 0 fully saturated rings. The molecule has 37 heavy (non-hydrogen) atoms. The summed E-state index contributed by atoms with van der Waals surface area (Å²) < 4.78 is 127. The van der Waals surface area contributed by atoms with E-state index in [1.807, 2.05) is 0 Å². The van der Waals surface area contributed by atoms with Gasteiger partial charge < -0.3 is 4.74 Å². The number of sulfone groups is 1. The van der Waals surface area contributed by atoms with Crippen molar-refractivity contribution in [3.63, 3.8) is 0 Å². The number of hydrogen-bond acceptors (Lipinski definition) is 3. The Morgan fingerprint density at radius 2 is 1.57 bits per heavy atom. The number of halogens is 7. The Morgan fingerprint density at radius 1 is 1.00 bits per heavy atom. The summed E-state index contributed by atoms with van der Waals surface area (Å²) >= 11 is 0. The topological polar surface area (TPSA) is 43.4 Å². The maximum atomic E-state index is 14.8. The molecule has 2 atom stereocenters. The number of allylic oxidation sites excluding steroid dienone is 1. The van der Waals surface area contributed by atoms with Gasteiger partial charge in [0.1, 0.15) is 10.5 Å². The van der Waals surface area contributed by atoms with Crippen LogP contribution in [0.5, 0.6) is 5.75 Å². The second-order valence-electron chi connectivity index (χ2n) is 9.23. The van der Waals surface area contributed by atoms with Crippen LogP contribution in [0.4, 0.5) is 30.7 Å². The summed E-state index contributed by atoms with van der Waals surface area (Å²) in [6.07, 6.45) is -12.0. The van der Waals surface area contributed by atoms with Gasteiger partial charge in [0.05, 0.1) is 11.5 Å². The van der Waals surface area contributed by atoms with E-state index in [-0.39, 0.29) is 23.5 Å². The first kappa shape index (κ1) is 29.0. The first-order valence-corrected chi connectivity index (χ1v) is 13.1. The zero-order chi connectivity index (χ0) is 28.0. The Hall–Kier alpha value is -2.56. The van der Waals surface area contributed by atoms with Crippen LogP contribution in [-0.4, -0.2) is 27.4 Å². The molecule has 0 aliphatic carbocycles. The van der Waals surface area contributed by atoms with Crippen LogP contribution in [0.3, 0.4) is 0 Å². The van der Waals surface area contributed by atoms with E-state index in [1.165, 1.54) is 12.1 Å². The second-order valence-corrected chi connectivity index (χ2v) is 11.4. The van der Waals surface area contributed by atoms with Gasteiger partial charge in [-0.25, -0.2) is 12.8 Å². The minimum absolute atomic E-state index is 0.0189. The molecular formula is C26H27F7O3S. The highest BCUT2D eigenvalue weighted by Crippen LogP contribution is 2.57. The van der Waals surface area contributed by atoms with E-state index in [0.29, 0.717) is 36.1 Å². The third-order valence-corrected chi connectivity index (χ3v) is 9.58. The highest BCUT2D eigenvalue weighted by Gasteiger charge is 2.73. The van der Waals surface area contributed by atoms with Crippen LogP contribution >= 0.6 is 0 Å². The van der Waals surface area contributed by atoms with Crippen molar-refractivity contribution in [2.75, 3.05) is 6.61 Å². The van der Waals surface area contributed by atoms with Gasteiger partial charge in [-0.15, -0.1) is 0 Å². The standard InChI is InChI=1S/C26H27F7O3S/c1-5-13-23(37(34,35)20-10-7-17(8-11-20)16(3)4)18(6-2)15-36-22-14-19(9-12-21(22)23)24(27,25(28,29)30)26(31,32)33/h7-12,14,18H,3,5-6,13,15H2,1-2,4H3. The SMILES string of the molecule is C=C(C)c1ccc(S(=O)(=O)C2(CCC)c3ccc(C(F)(C(F)(F)F)C(F)(F)F)cc3OCC2CC)cc1. The molecule has 0 spiro atoms. The van der Waals surface area contributed by atoms with E-state index >= 15 is 0 Å². The molecular weight excluding hydrogens is 525 g/mol. The molecule has 11 heteroatoms. The summed E-state index contributed by atoms with van der Waals surface area (Å²) in [4.78, 5) is -0.0632. The van der Waals surface area contributed by atoms with Crippen LogP contribution in [0.15, 0.2) is 53.9 Å². The number of fused-ring (bicyclic) bond motifs is 1. The molecule has 0 amide bonds. The highest BCUT2D eigenvalue weighted by molar-refractivity contribution is 7.92. The summed E-state index contributed by atoms with van der Waals surface area (Å²) in [6, 6.07) is 7.44. The van der Waals surface area contributed by atoms with Crippen molar-refractivity contribution in [3.8, 4) is 5.75 Å². The van der Waals surface area contributed by atoms with Crippen molar-refractivity contribution in [3.05, 3.63) is 65.7 Å². The van der Waals surface area contributed by atoms with Gasteiger partial charge in [-0.3, -0.25) is 0 Å². The summed E-state index contributed by atoms with van der Waals surface area (Å²) in [5.41, 5.74) is -6.08. The molecule has 2 unspecified atom stereocenters. The van der Waals surface area contributed by atoms with Crippen LogP contribution in [0.25, 0.3) is 5.57 Å². The Balaban J connectivity index is 2.31. The van der Waals surface area contributed by atoms with Gasteiger partial charge in [0.25, 0.3) is 0 Å². The maximum absolute atomic E-state index is 14.8. The van der Waals surface area contributed by atoms with Gasteiger partial charge in [0, 0.05) is 17.0 Å². The fraction of sp³-hybridized carbons (Fsp3) is 0.462. The lowest BCUT2D eigenvalue weighted by molar-refractivity contribution is -0.348. The summed E-state index contributed by atoms with van der Waals surface area (Å²) in [5, 5.41) is 0. The monoisotopic (exact) mass is 552 g/mol. The molecule has 204 valence electrons. The van der Waals surface area contributed by atoms with Gasteiger partial charge in [0.15, 0.2) is 9.84 Å². The number of alkyl halides is 7. The molecule has 1 aliphatic rings. The van der Waals surface area contributed by atoms with Crippen LogP contribution in [-0.2, 0) is 20.3 Å². The first-order chi connectivity index (χ1) is 17.0. The van der Waals surface area contributed by atoms with Crippen molar-refractivity contribution < 1.29 is 43.9 Å². The Labute approximate surface area is 211 Å². The maximum Gasteiger partial charge on any atom is 0.435 e. The molecule has 1 heterocycles. The fourth-order valence-corrected chi connectivity index (χ4v) is 7.54. The average molecular weight is 553 g/mol. The van der Waals surface area contributed by atoms with Crippen LogP contribution in [0, 0.1) is 5.92 Å². The van der Waals surface area contributed by atoms with Gasteiger partial charge >= 0.3 is 18.0 Å². The normalized spacial score (nSPS) is 20.8. The van der Waals surface area contributed by atoms with E-state index < -0.39 is 49.8 Å². The molecule has 0 bridgehead atoms. The molecule has 0 N–H and O–H groups in total. The number of benzene rings is 2. The lowest BCUT2D eigenvalue weighted by Gasteiger charge is -2.44. The Kier molecular flexibility index (Phi) is 7.55. The summed E-state index contributed by atoms with van der Waals surface area (Å²) in [6.45, 7) is 8.71. The minimum atomic E-state index is -6.31. The fourth-order valence-electron chi connectivity index (χ4n) is 5.02. The van der Waals surface area contributed by atoms with E-state index in [1.54, 1.807) is 32.9 Å². The third-order valence-electron chi connectivity index (χ3n) is 6.97. The second kappa shape index (κ2) is 9.63.